The number of hydrogen-bond donors (Lipinski definition) is 0. The smallest absolute Gasteiger partial charge is 0.341 e. The number of ketones is 1. The lowest BCUT2D eigenvalue weighted by Crippen LogP contribution is -2.14. The van der Waals surface area contributed by atoms with Crippen LogP contribution in [0.25, 0.3) is 6.08 Å². The largest absolute Gasteiger partial charge is 0.461 e. The van der Waals surface area contributed by atoms with Crippen LogP contribution in [-0.4, -0.2) is 23.3 Å². The summed E-state index contributed by atoms with van der Waals surface area (Å²) in [6.45, 7) is 1.07. The van der Waals surface area contributed by atoms with Gasteiger partial charge in [-0.25, -0.2) is 4.79 Å². The van der Waals surface area contributed by atoms with E-state index >= 15 is 0 Å². The summed E-state index contributed by atoms with van der Waals surface area (Å²) in [6.07, 6.45) is 1.25. The van der Waals surface area contributed by atoms with Crippen LogP contribution in [0.2, 0.25) is 0 Å². The molecule has 1 rings (SSSR count). The number of benzene rings is 1. The molecular weight excluding hydrogens is 276 g/mol. The molecule has 21 heavy (non-hydrogen) atoms. The highest BCUT2D eigenvalue weighted by atomic mass is 16.6. The van der Waals surface area contributed by atoms with Crippen molar-refractivity contribution in [3.8, 4) is 6.07 Å². The normalized spacial score (nSPS) is 10.6. The molecule has 0 aliphatic rings. The fraction of sp³-hybridized carbons (Fsp3) is 0.214. The maximum absolute atomic E-state index is 11.7. The Morgan fingerprint density at radius 3 is 2.76 bits per heavy atom. The molecule has 0 aliphatic heterocycles. The van der Waals surface area contributed by atoms with E-state index in [1.165, 1.54) is 37.3 Å². The second kappa shape index (κ2) is 7.55. The van der Waals surface area contributed by atoms with Crippen molar-refractivity contribution in [2.24, 2.45) is 0 Å². The van der Waals surface area contributed by atoms with Crippen molar-refractivity contribution in [1.82, 2.24) is 0 Å². The Hall–Kier alpha value is -3.01. The number of nitriles is 1. The molecule has 7 heteroatoms. The second-order valence-electron chi connectivity index (χ2n) is 4.01. The molecule has 0 fully saturated rings. The number of nitro groups is 1. The van der Waals surface area contributed by atoms with Gasteiger partial charge >= 0.3 is 5.97 Å². The number of ether oxygens (including phenoxy) is 1. The summed E-state index contributed by atoms with van der Waals surface area (Å²) in [5.74, 6) is -1.38. The summed E-state index contributed by atoms with van der Waals surface area (Å²) in [7, 11) is 0. The zero-order chi connectivity index (χ0) is 15.8. The van der Waals surface area contributed by atoms with Crippen LogP contribution in [0, 0.1) is 21.4 Å². The third-order valence-corrected chi connectivity index (χ3v) is 2.44. The van der Waals surface area contributed by atoms with Gasteiger partial charge in [-0.15, -0.1) is 0 Å². The Kier molecular flexibility index (Phi) is 5.77. The Balaban J connectivity index is 3.02. The monoisotopic (exact) mass is 288 g/mol. The molecule has 1 aromatic carbocycles. The van der Waals surface area contributed by atoms with Crippen LogP contribution >= 0.6 is 0 Å². The van der Waals surface area contributed by atoms with Gasteiger partial charge in [0.15, 0.2) is 5.78 Å². The van der Waals surface area contributed by atoms with Crippen LogP contribution in [0.3, 0.4) is 0 Å². The van der Waals surface area contributed by atoms with E-state index in [0.717, 1.165) is 0 Å². The highest BCUT2D eigenvalue weighted by molar-refractivity contribution is 6.19. The summed E-state index contributed by atoms with van der Waals surface area (Å²) in [6, 6.07) is 7.32. The van der Waals surface area contributed by atoms with Gasteiger partial charge in [0.25, 0.3) is 5.69 Å². The summed E-state index contributed by atoms with van der Waals surface area (Å²) < 4.78 is 4.77. The van der Waals surface area contributed by atoms with Gasteiger partial charge in [0.1, 0.15) is 12.2 Å². The summed E-state index contributed by atoms with van der Waals surface area (Å²) in [4.78, 5) is 33.3. The molecule has 0 spiro atoms. The van der Waals surface area contributed by atoms with Gasteiger partial charge in [-0.05, 0) is 18.6 Å². The van der Waals surface area contributed by atoms with E-state index in [-0.39, 0.29) is 24.3 Å². The van der Waals surface area contributed by atoms with Crippen molar-refractivity contribution in [2.45, 2.75) is 13.3 Å². The highest BCUT2D eigenvalue weighted by Gasteiger charge is 2.16. The molecule has 108 valence electrons. The minimum Gasteiger partial charge on any atom is -0.461 e. The molecule has 0 unspecified atom stereocenters. The molecule has 0 radical (unpaired) electrons. The highest BCUT2D eigenvalue weighted by Crippen LogP contribution is 2.16. The second-order valence-corrected chi connectivity index (χ2v) is 4.01. The Morgan fingerprint density at radius 2 is 2.19 bits per heavy atom. The van der Waals surface area contributed by atoms with Crippen LogP contribution in [-0.2, 0) is 14.3 Å². The quantitative estimate of drug-likeness (QED) is 0.151. The lowest BCUT2D eigenvalue weighted by molar-refractivity contribution is -0.384. The van der Waals surface area contributed by atoms with Gasteiger partial charge < -0.3 is 4.74 Å². The third-order valence-electron chi connectivity index (χ3n) is 2.44. The van der Waals surface area contributed by atoms with E-state index in [0.29, 0.717) is 5.56 Å². The van der Waals surface area contributed by atoms with Crippen molar-refractivity contribution in [3.63, 3.8) is 0 Å². The van der Waals surface area contributed by atoms with Gasteiger partial charge in [-0.1, -0.05) is 12.1 Å². The third kappa shape index (κ3) is 4.87. The number of carbonyl (C=O) groups is 2. The fourth-order valence-corrected chi connectivity index (χ4v) is 1.47. The van der Waals surface area contributed by atoms with Crippen LogP contribution in [0.15, 0.2) is 29.8 Å². The average Bonchev–Trinajstić information content (AvgIpc) is 2.44. The van der Waals surface area contributed by atoms with E-state index in [4.69, 9.17) is 10.00 Å². The first-order chi connectivity index (χ1) is 9.95. The molecule has 0 aliphatic carbocycles. The Labute approximate surface area is 120 Å². The van der Waals surface area contributed by atoms with Crippen LogP contribution in [0.1, 0.15) is 18.9 Å². The molecule has 0 N–H and O–H groups in total. The van der Waals surface area contributed by atoms with Crippen molar-refractivity contribution in [3.05, 3.63) is 45.5 Å². The number of esters is 1. The van der Waals surface area contributed by atoms with E-state index in [1.807, 2.05) is 0 Å². The number of nitro benzene ring substituents is 1. The molecule has 0 saturated heterocycles. The first-order valence-electron chi connectivity index (χ1n) is 5.97. The van der Waals surface area contributed by atoms with Crippen molar-refractivity contribution >= 4 is 23.5 Å². The van der Waals surface area contributed by atoms with E-state index in [9.17, 15) is 19.7 Å². The molecule has 0 atom stereocenters. The molecule has 0 bridgehead atoms. The lowest BCUT2D eigenvalue weighted by atomic mass is 10.1. The first kappa shape index (κ1) is 16.0. The summed E-state index contributed by atoms with van der Waals surface area (Å²) in [5, 5.41) is 19.0. The molecule has 0 saturated carbocycles. The maximum Gasteiger partial charge on any atom is 0.341 e. The van der Waals surface area contributed by atoms with Gasteiger partial charge in [-0.2, -0.15) is 5.26 Å². The van der Waals surface area contributed by atoms with E-state index in [2.05, 4.69) is 0 Å². The van der Waals surface area contributed by atoms with Gasteiger partial charge in [0, 0.05) is 12.1 Å². The molecular formula is C14H12N2O5. The number of rotatable bonds is 6. The summed E-state index contributed by atoms with van der Waals surface area (Å²) in [5.41, 5.74) is -0.0374. The predicted octanol–water partition coefficient (Wildman–Crippen LogP) is 2.02. The van der Waals surface area contributed by atoms with Gasteiger partial charge in [-0.3, -0.25) is 14.9 Å². The SMILES string of the molecule is CC(=O)/C(=C/c1cccc([N+](=O)[O-])c1)C(=O)OCCC#N. The zero-order valence-electron chi connectivity index (χ0n) is 11.2. The fourth-order valence-electron chi connectivity index (χ4n) is 1.47. The molecule has 7 nitrogen and oxygen atoms in total. The minimum atomic E-state index is -0.857. The number of nitrogens with zero attached hydrogens (tertiary/aromatic N) is 2. The van der Waals surface area contributed by atoms with E-state index < -0.39 is 16.7 Å². The number of carbonyl (C=O) groups excluding carboxylic acids is 2. The number of non-ortho nitro benzene ring substituents is 1. The maximum atomic E-state index is 11.7. The molecule has 1 aromatic rings. The Morgan fingerprint density at radius 1 is 1.48 bits per heavy atom. The van der Waals surface area contributed by atoms with Crippen molar-refractivity contribution in [1.29, 1.82) is 5.26 Å². The average molecular weight is 288 g/mol. The van der Waals surface area contributed by atoms with Gasteiger partial charge in [0.2, 0.25) is 0 Å². The van der Waals surface area contributed by atoms with Crippen molar-refractivity contribution in [2.75, 3.05) is 6.61 Å². The van der Waals surface area contributed by atoms with Crippen LogP contribution in [0.4, 0.5) is 5.69 Å². The topological polar surface area (TPSA) is 110 Å². The molecule has 0 heterocycles. The molecule has 0 amide bonds. The van der Waals surface area contributed by atoms with Crippen LogP contribution < -0.4 is 0 Å². The van der Waals surface area contributed by atoms with Crippen molar-refractivity contribution < 1.29 is 19.2 Å². The number of Topliss-reactive ketones (excluding diaryl/α,β-unsaturated/α-hetero) is 1. The zero-order valence-corrected chi connectivity index (χ0v) is 11.2. The van der Waals surface area contributed by atoms with Crippen LogP contribution in [0.5, 0.6) is 0 Å². The Bertz CT molecular complexity index is 643. The van der Waals surface area contributed by atoms with Gasteiger partial charge in [0.05, 0.1) is 17.4 Å². The number of hydrogen-bond acceptors (Lipinski definition) is 6. The first-order valence-corrected chi connectivity index (χ1v) is 5.97. The lowest BCUT2D eigenvalue weighted by Gasteiger charge is -2.04. The summed E-state index contributed by atoms with van der Waals surface area (Å²) >= 11 is 0. The van der Waals surface area contributed by atoms with E-state index in [1.54, 1.807) is 6.07 Å². The standard InChI is InChI=1S/C14H12N2O5/c1-10(17)13(14(18)21-7-3-6-15)9-11-4-2-5-12(8-11)16(19)20/h2,4-5,8-9H,3,7H2,1H3/b13-9-. The molecule has 0 aromatic heterocycles. The minimum absolute atomic E-state index is 0.0216. The predicted molar refractivity (Wildman–Crippen MR) is 72.9 cm³/mol.